The van der Waals surface area contributed by atoms with Crippen LogP contribution in [0.4, 0.5) is 5.82 Å². The molecule has 0 aromatic carbocycles. The fraction of sp³-hybridized carbons (Fsp3) is 0.150. The Balaban J connectivity index is 2.05. The number of hydrogen-bond donors (Lipinski definition) is 1. The summed E-state index contributed by atoms with van der Waals surface area (Å²) in [5.74, 6) is 0.370. The molecule has 7 nitrogen and oxygen atoms in total. The summed E-state index contributed by atoms with van der Waals surface area (Å²) in [6.07, 6.45) is 5.30. The van der Waals surface area contributed by atoms with E-state index in [0.717, 1.165) is 27.6 Å². The van der Waals surface area contributed by atoms with Crippen LogP contribution in [-0.4, -0.2) is 25.1 Å². The van der Waals surface area contributed by atoms with E-state index in [1.165, 1.54) is 6.20 Å². The number of pyridine rings is 3. The van der Waals surface area contributed by atoms with Gasteiger partial charge in [-0.2, -0.15) is 5.26 Å². The molecule has 2 N–H and O–H groups in total. The molecule has 0 atom stereocenters. The van der Waals surface area contributed by atoms with Crippen LogP contribution < -0.4 is 5.73 Å². The Labute approximate surface area is 155 Å². The summed E-state index contributed by atoms with van der Waals surface area (Å²) < 4.78 is 1.77. The number of fused-ring (bicyclic) bond motifs is 3. The lowest BCUT2D eigenvalue weighted by molar-refractivity contribution is 0.0983. The summed E-state index contributed by atoms with van der Waals surface area (Å²) in [7, 11) is 0. The predicted molar refractivity (Wildman–Crippen MR) is 102 cm³/mol. The van der Waals surface area contributed by atoms with Gasteiger partial charge in [-0.25, -0.2) is 9.97 Å². The molecule has 0 radical (unpaired) electrons. The molecule has 4 aromatic rings. The Morgan fingerprint density at radius 3 is 2.67 bits per heavy atom. The van der Waals surface area contributed by atoms with Crippen molar-refractivity contribution in [1.82, 2.24) is 19.4 Å². The van der Waals surface area contributed by atoms with Gasteiger partial charge in [0.05, 0.1) is 11.7 Å². The van der Waals surface area contributed by atoms with Crippen molar-refractivity contribution in [2.75, 3.05) is 5.73 Å². The molecule has 132 valence electrons. The highest BCUT2D eigenvalue weighted by molar-refractivity contribution is 5.96. The van der Waals surface area contributed by atoms with Gasteiger partial charge < -0.3 is 5.73 Å². The number of nitrogens with two attached hydrogens (primary N) is 1. The predicted octanol–water partition coefficient (Wildman–Crippen LogP) is 3.30. The molecule has 0 aliphatic rings. The topological polar surface area (TPSA) is 110 Å². The van der Waals surface area contributed by atoms with Gasteiger partial charge in [0.15, 0.2) is 5.78 Å². The van der Waals surface area contributed by atoms with E-state index in [1.807, 2.05) is 19.9 Å². The zero-order valence-corrected chi connectivity index (χ0v) is 14.9. The van der Waals surface area contributed by atoms with Gasteiger partial charge in [-0.05, 0) is 24.6 Å². The third-order valence-corrected chi connectivity index (χ3v) is 4.60. The molecule has 0 unspecified atom stereocenters. The number of rotatable bonds is 3. The molecule has 0 saturated heterocycles. The Morgan fingerprint density at radius 2 is 1.96 bits per heavy atom. The Hall–Kier alpha value is -3.79. The second kappa shape index (κ2) is 6.18. The summed E-state index contributed by atoms with van der Waals surface area (Å²) >= 11 is 0. The van der Waals surface area contributed by atoms with Crippen LogP contribution in [-0.2, 0) is 0 Å². The highest BCUT2D eigenvalue weighted by Crippen LogP contribution is 2.32. The first-order chi connectivity index (χ1) is 13.0. The Kier molecular flexibility index (Phi) is 3.81. The van der Waals surface area contributed by atoms with E-state index >= 15 is 0 Å². The zero-order valence-electron chi connectivity index (χ0n) is 14.9. The number of nitrogen functional groups attached to an aromatic ring is 1. The van der Waals surface area contributed by atoms with Gasteiger partial charge in [-0.3, -0.25) is 14.2 Å². The van der Waals surface area contributed by atoms with Crippen LogP contribution >= 0.6 is 0 Å². The number of aryl methyl sites for hydroxylation is 1. The Morgan fingerprint density at radius 1 is 1.15 bits per heavy atom. The first kappa shape index (κ1) is 16.7. The summed E-state index contributed by atoms with van der Waals surface area (Å²) in [5, 5.41) is 10.3. The average molecular weight is 356 g/mol. The van der Waals surface area contributed by atoms with E-state index in [4.69, 9.17) is 5.73 Å². The fourth-order valence-electron chi connectivity index (χ4n) is 3.23. The van der Waals surface area contributed by atoms with Crippen molar-refractivity contribution in [3.63, 3.8) is 0 Å². The minimum absolute atomic E-state index is 0.000520. The molecule has 0 bridgehead atoms. The molecule has 4 rings (SSSR count). The highest BCUT2D eigenvalue weighted by atomic mass is 16.1. The van der Waals surface area contributed by atoms with Crippen molar-refractivity contribution in [3.8, 4) is 17.2 Å². The zero-order chi connectivity index (χ0) is 19.1. The number of hydrogen-bond acceptors (Lipinski definition) is 6. The van der Waals surface area contributed by atoms with Crippen LogP contribution in [0.5, 0.6) is 0 Å². The largest absolute Gasteiger partial charge is 0.384 e. The smallest absolute Gasteiger partial charge is 0.180 e. The number of carbonyl (C=O) groups is 1. The molecule has 0 aliphatic heterocycles. The normalized spacial score (nSPS) is 11.0. The van der Waals surface area contributed by atoms with Gasteiger partial charge in [0.25, 0.3) is 0 Å². The molecule has 0 saturated carbocycles. The van der Waals surface area contributed by atoms with Gasteiger partial charge in [0.2, 0.25) is 0 Å². The third kappa shape index (κ3) is 2.59. The first-order valence-electron chi connectivity index (χ1n) is 8.49. The van der Waals surface area contributed by atoms with Crippen LogP contribution in [0.1, 0.15) is 35.1 Å². The summed E-state index contributed by atoms with van der Waals surface area (Å²) in [6, 6.07) is 7.63. The van der Waals surface area contributed by atoms with Gasteiger partial charge in [-0.1, -0.05) is 6.92 Å². The van der Waals surface area contributed by atoms with E-state index < -0.39 is 0 Å². The van der Waals surface area contributed by atoms with Crippen molar-refractivity contribution in [2.24, 2.45) is 0 Å². The number of carbonyl (C=O) groups excluding carboxylic acids is 1. The van der Waals surface area contributed by atoms with E-state index in [1.54, 1.807) is 28.9 Å². The first-order valence-corrected chi connectivity index (χ1v) is 8.49. The fourth-order valence-corrected chi connectivity index (χ4v) is 3.23. The van der Waals surface area contributed by atoms with Crippen molar-refractivity contribution >= 4 is 28.2 Å². The van der Waals surface area contributed by atoms with Crippen LogP contribution in [0.15, 0.2) is 36.8 Å². The molecule has 0 spiro atoms. The SMILES string of the molecule is CCC(=O)c1cc(C)c(-c2cc3cnc(N)cc3n3c(C#N)cnc23)cn1. The molecular weight excluding hydrogens is 340 g/mol. The van der Waals surface area contributed by atoms with Crippen molar-refractivity contribution in [2.45, 2.75) is 20.3 Å². The van der Waals surface area contributed by atoms with Crippen molar-refractivity contribution in [3.05, 3.63) is 53.7 Å². The number of ketones is 1. The number of nitriles is 1. The summed E-state index contributed by atoms with van der Waals surface area (Å²) in [4.78, 5) is 24.9. The van der Waals surface area contributed by atoms with Crippen molar-refractivity contribution < 1.29 is 4.79 Å². The lowest BCUT2D eigenvalue weighted by atomic mass is 10.0. The van der Waals surface area contributed by atoms with Gasteiger partial charge >= 0.3 is 0 Å². The lowest BCUT2D eigenvalue weighted by Crippen LogP contribution is -2.02. The summed E-state index contributed by atoms with van der Waals surface area (Å²) in [6.45, 7) is 3.74. The van der Waals surface area contributed by atoms with Crippen LogP contribution in [0.2, 0.25) is 0 Å². The monoisotopic (exact) mass is 356 g/mol. The molecule has 4 heterocycles. The van der Waals surface area contributed by atoms with Crippen molar-refractivity contribution in [1.29, 1.82) is 5.26 Å². The molecule has 27 heavy (non-hydrogen) atoms. The maximum absolute atomic E-state index is 11.9. The number of aromatic nitrogens is 4. The average Bonchev–Trinajstić information content (AvgIpc) is 3.11. The van der Waals surface area contributed by atoms with Gasteiger partial charge in [0.1, 0.15) is 28.9 Å². The second-order valence-corrected chi connectivity index (χ2v) is 6.30. The quantitative estimate of drug-likeness (QED) is 0.564. The third-order valence-electron chi connectivity index (χ3n) is 4.60. The molecule has 7 heteroatoms. The lowest BCUT2D eigenvalue weighted by Gasteiger charge is -2.12. The minimum Gasteiger partial charge on any atom is -0.384 e. The number of Topliss-reactive ketones (excluding diaryl/α,β-unsaturated/α-hetero) is 1. The van der Waals surface area contributed by atoms with Crippen LogP contribution in [0, 0.1) is 18.3 Å². The molecule has 0 amide bonds. The van der Waals surface area contributed by atoms with E-state index in [9.17, 15) is 10.1 Å². The highest BCUT2D eigenvalue weighted by Gasteiger charge is 2.16. The number of anilines is 1. The van der Waals surface area contributed by atoms with E-state index in [-0.39, 0.29) is 5.78 Å². The molecule has 4 aromatic heterocycles. The number of imidazole rings is 1. The maximum Gasteiger partial charge on any atom is 0.180 e. The standard InChI is InChI=1S/C20H16N6O/c1-3-18(27)16-4-11(2)15(10-23-16)14-5-12-8-24-19(22)6-17(12)26-13(7-21)9-25-20(14)26/h4-6,8-10H,3H2,1-2H3,(H2,22,24). The van der Waals surface area contributed by atoms with Gasteiger partial charge in [0, 0.05) is 41.4 Å². The van der Waals surface area contributed by atoms with Gasteiger partial charge in [-0.15, -0.1) is 0 Å². The molecular formula is C20H16N6O. The maximum atomic E-state index is 11.9. The minimum atomic E-state index is 0.000520. The molecule has 0 fully saturated rings. The van der Waals surface area contributed by atoms with Crippen LogP contribution in [0.3, 0.4) is 0 Å². The number of nitrogens with zero attached hydrogens (tertiary/aromatic N) is 5. The second-order valence-electron chi connectivity index (χ2n) is 6.30. The van der Waals surface area contributed by atoms with E-state index in [2.05, 4.69) is 21.0 Å². The van der Waals surface area contributed by atoms with Crippen LogP contribution in [0.25, 0.3) is 27.7 Å². The molecule has 0 aliphatic carbocycles. The van der Waals surface area contributed by atoms with E-state index in [0.29, 0.717) is 29.3 Å². The summed E-state index contributed by atoms with van der Waals surface area (Å²) in [5.41, 5.74) is 10.7. The Bertz CT molecular complexity index is 1270.